The predicted octanol–water partition coefficient (Wildman–Crippen LogP) is 0.589. The van der Waals surface area contributed by atoms with E-state index in [1.807, 2.05) is 6.92 Å². The summed E-state index contributed by atoms with van der Waals surface area (Å²) in [6.07, 6.45) is 0. The monoisotopic (exact) mass is 283 g/mol. The quantitative estimate of drug-likeness (QED) is 0.615. The van der Waals surface area contributed by atoms with Crippen LogP contribution in [0.2, 0.25) is 0 Å². The smallest absolute Gasteiger partial charge is 0.258 e. The van der Waals surface area contributed by atoms with Crippen LogP contribution in [-0.4, -0.2) is 50.6 Å². The molecule has 112 valence electrons. The fourth-order valence-corrected chi connectivity index (χ4v) is 1.43. The lowest BCUT2D eigenvalue weighted by Gasteiger charge is -2.08. The summed E-state index contributed by atoms with van der Waals surface area (Å²) in [6.45, 7) is 3.50. The van der Waals surface area contributed by atoms with Crippen molar-refractivity contribution < 1.29 is 24.1 Å². The van der Waals surface area contributed by atoms with Crippen LogP contribution in [0.25, 0.3) is 0 Å². The third kappa shape index (κ3) is 6.96. The zero-order valence-corrected chi connectivity index (χ0v) is 11.6. The lowest BCUT2D eigenvalue weighted by atomic mass is 10.3. The summed E-state index contributed by atoms with van der Waals surface area (Å²) in [4.78, 5) is 11.5. The van der Waals surface area contributed by atoms with Gasteiger partial charge in [0.1, 0.15) is 11.5 Å². The number of hydrogen-bond donors (Lipinski definition) is 2. The molecule has 0 aliphatic carbocycles. The molecule has 0 saturated carbocycles. The van der Waals surface area contributed by atoms with E-state index in [1.165, 1.54) is 0 Å². The van der Waals surface area contributed by atoms with Gasteiger partial charge in [-0.25, -0.2) is 0 Å². The van der Waals surface area contributed by atoms with E-state index < -0.39 is 0 Å². The Kier molecular flexibility index (Phi) is 8.17. The van der Waals surface area contributed by atoms with Gasteiger partial charge in [0.2, 0.25) is 0 Å². The molecular formula is C14H21NO5. The third-order valence-corrected chi connectivity index (χ3v) is 2.31. The number of carbonyl (C=O) groups is 1. The fraction of sp³-hybridized carbons (Fsp3) is 0.500. The highest BCUT2D eigenvalue weighted by Crippen LogP contribution is 2.17. The number of amides is 1. The van der Waals surface area contributed by atoms with Crippen LogP contribution in [0.5, 0.6) is 11.5 Å². The van der Waals surface area contributed by atoms with Crippen molar-refractivity contribution in [2.75, 3.05) is 39.6 Å². The zero-order chi connectivity index (χ0) is 14.6. The molecule has 0 saturated heterocycles. The van der Waals surface area contributed by atoms with E-state index in [4.69, 9.17) is 19.3 Å². The maximum atomic E-state index is 11.5. The molecule has 0 aromatic heterocycles. The lowest BCUT2D eigenvalue weighted by Crippen LogP contribution is -2.31. The second kappa shape index (κ2) is 10.1. The van der Waals surface area contributed by atoms with Gasteiger partial charge >= 0.3 is 0 Å². The van der Waals surface area contributed by atoms with Gasteiger partial charge in [-0.2, -0.15) is 0 Å². The molecule has 0 aliphatic rings. The van der Waals surface area contributed by atoms with Gasteiger partial charge in [-0.3, -0.25) is 4.79 Å². The van der Waals surface area contributed by atoms with Gasteiger partial charge in [-0.1, -0.05) is 0 Å². The van der Waals surface area contributed by atoms with E-state index in [0.717, 1.165) is 5.75 Å². The standard InChI is InChI=1S/C14H21NO5/c1-2-19-12-3-5-13(6-4-12)20-11-14(17)15-7-9-18-10-8-16/h3-6,16H,2,7-11H2,1H3,(H,15,17). The fourth-order valence-electron chi connectivity index (χ4n) is 1.43. The molecule has 1 aromatic carbocycles. The molecule has 0 unspecified atom stereocenters. The summed E-state index contributed by atoms with van der Waals surface area (Å²) in [7, 11) is 0. The largest absolute Gasteiger partial charge is 0.494 e. The Bertz CT molecular complexity index is 380. The Labute approximate surface area is 118 Å². The van der Waals surface area contributed by atoms with Gasteiger partial charge in [0, 0.05) is 6.54 Å². The van der Waals surface area contributed by atoms with Gasteiger partial charge in [0.25, 0.3) is 5.91 Å². The number of aliphatic hydroxyl groups excluding tert-OH is 1. The van der Waals surface area contributed by atoms with Crippen molar-refractivity contribution in [2.45, 2.75) is 6.92 Å². The molecule has 1 amide bonds. The number of benzene rings is 1. The van der Waals surface area contributed by atoms with Crippen molar-refractivity contribution in [3.63, 3.8) is 0 Å². The summed E-state index contributed by atoms with van der Waals surface area (Å²) >= 11 is 0. The minimum absolute atomic E-state index is 0.0190. The minimum Gasteiger partial charge on any atom is -0.494 e. The highest BCUT2D eigenvalue weighted by atomic mass is 16.5. The van der Waals surface area contributed by atoms with Gasteiger partial charge in [0.05, 0.1) is 26.4 Å². The molecule has 0 heterocycles. The maximum Gasteiger partial charge on any atom is 0.258 e. The SMILES string of the molecule is CCOc1ccc(OCC(=O)NCCOCCO)cc1. The average Bonchev–Trinajstić information content (AvgIpc) is 2.47. The van der Waals surface area contributed by atoms with Crippen molar-refractivity contribution >= 4 is 5.91 Å². The van der Waals surface area contributed by atoms with Crippen LogP contribution in [0.3, 0.4) is 0 Å². The van der Waals surface area contributed by atoms with Crippen molar-refractivity contribution in [3.05, 3.63) is 24.3 Å². The van der Waals surface area contributed by atoms with Crippen molar-refractivity contribution in [2.24, 2.45) is 0 Å². The molecule has 6 nitrogen and oxygen atoms in total. The van der Waals surface area contributed by atoms with Gasteiger partial charge in [-0.05, 0) is 31.2 Å². The first kappa shape index (κ1) is 16.3. The number of aliphatic hydroxyl groups is 1. The summed E-state index contributed by atoms with van der Waals surface area (Å²) in [5.74, 6) is 1.16. The van der Waals surface area contributed by atoms with Crippen LogP contribution in [-0.2, 0) is 9.53 Å². The molecule has 0 bridgehead atoms. The first-order chi connectivity index (χ1) is 9.76. The maximum absolute atomic E-state index is 11.5. The van der Waals surface area contributed by atoms with Crippen LogP contribution < -0.4 is 14.8 Å². The van der Waals surface area contributed by atoms with E-state index in [-0.39, 0.29) is 25.7 Å². The zero-order valence-electron chi connectivity index (χ0n) is 11.6. The number of carbonyl (C=O) groups excluding carboxylic acids is 1. The van der Waals surface area contributed by atoms with E-state index in [2.05, 4.69) is 5.32 Å². The lowest BCUT2D eigenvalue weighted by molar-refractivity contribution is -0.123. The summed E-state index contributed by atoms with van der Waals surface area (Å²) in [5.41, 5.74) is 0. The molecule has 0 aliphatic heterocycles. The van der Waals surface area contributed by atoms with E-state index in [1.54, 1.807) is 24.3 Å². The molecule has 1 rings (SSSR count). The van der Waals surface area contributed by atoms with Crippen molar-refractivity contribution in [1.29, 1.82) is 0 Å². The molecule has 2 N–H and O–H groups in total. The molecule has 0 atom stereocenters. The number of rotatable bonds is 10. The molecule has 1 aromatic rings. The highest BCUT2D eigenvalue weighted by Gasteiger charge is 2.02. The molecule has 0 radical (unpaired) electrons. The number of nitrogens with one attached hydrogen (secondary N) is 1. The highest BCUT2D eigenvalue weighted by molar-refractivity contribution is 5.77. The Morgan fingerprint density at radius 2 is 1.80 bits per heavy atom. The minimum atomic E-state index is -0.216. The molecule has 0 fully saturated rings. The van der Waals surface area contributed by atoms with Gasteiger partial charge in [0.15, 0.2) is 6.61 Å². The number of ether oxygens (including phenoxy) is 3. The molecule has 0 spiro atoms. The molecule has 20 heavy (non-hydrogen) atoms. The Hall–Kier alpha value is -1.79. The second-order valence-electron chi connectivity index (χ2n) is 3.88. The Balaban J connectivity index is 2.16. The summed E-state index contributed by atoms with van der Waals surface area (Å²) in [6, 6.07) is 7.09. The van der Waals surface area contributed by atoms with E-state index >= 15 is 0 Å². The number of hydrogen-bond acceptors (Lipinski definition) is 5. The first-order valence-electron chi connectivity index (χ1n) is 6.57. The van der Waals surface area contributed by atoms with E-state index in [9.17, 15) is 4.79 Å². The molecular weight excluding hydrogens is 262 g/mol. The summed E-state index contributed by atoms with van der Waals surface area (Å²) < 4.78 is 15.6. The normalized spacial score (nSPS) is 10.1. The van der Waals surface area contributed by atoms with Crippen LogP contribution in [0.4, 0.5) is 0 Å². The van der Waals surface area contributed by atoms with Crippen LogP contribution in [0.15, 0.2) is 24.3 Å². The Morgan fingerprint density at radius 3 is 2.40 bits per heavy atom. The topological polar surface area (TPSA) is 77.0 Å². The Morgan fingerprint density at radius 1 is 1.15 bits per heavy atom. The van der Waals surface area contributed by atoms with E-state index in [0.29, 0.717) is 25.5 Å². The van der Waals surface area contributed by atoms with Crippen LogP contribution in [0, 0.1) is 0 Å². The van der Waals surface area contributed by atoms with Crippen LogP contribution in [0.1, 0.15) is 6.92 Å². The average molecular weight is 283 g/mol. The van der Waals surface area contributed by atoms with Gasteiger partial charge in [-0.15, -0.1) is 0 Å². The predicted molar refractivity (Wildman–Crippen MR) is 74.0 cm³/mol. The van der Waals surface area contributed by atoms with Crippen molar-refractivity contribution in [1.82, 2.24) is 5.32 Å². The third-order valence-electron chi connectivity index (χ3n) is 2.31. The van der Waals surface area contributed by atoms with Gasteiger partial charge < -0.3 is 24.6 Å². The van der Waals surface area contributed by atoms with Crippen molar-refractivity contribution in [3.8, 4) is 11.5 Å². The summed E-state index contributed by atoms with van der Waals surface area (Å²) in [5, 5.41) is 11.1. The van der Waals surface area contributed by atoms with Crippen LogP contribution >= 0.6 is 0 Å². The molecule has 6 heteroatoms. The first-order valence-corrected chi connectivity index (χ1v) is 6.57. The second-order valence-corrected chi connectivity index (χ2v) is 3.88.